The van der Waals surface area contributed by atoms with Crippen molar-refractivity contribution in [3.63, 3.8) is 0 Å². The zero-order valence-corrected chi connectivity index (χ0v) is 12.0. The number of benzene rings is 2. The minimum Gasteiger partial charge on any atom is -0.378 e. The number of para-hydroxylation sites is 1. The minimum atomic E-state index is 0.894. The van der Waals surface area contributed by atoms with Crippen LogP contribution in [0.1, 0.15) is 11.1 Å². The Labute approximate surface area is 120 Å². The van der Waals surface area contributed by atoms with Crippen molar-refractivity contribution in [1.29, 1.82) is 0 Å². The largest absolute Gasteiger partial charge is 0.378 e. The Hall–Kier alpha value is -2.29. The van der Waals surface area contributed by atoms with Gasteiger partial charge in [-0.3, -0.25) is 0 Å². The number of nitrogens with zero attached hydrogens (tertiary/aromatic N) is 3. The van der Waals surface area contributed by atoms with E-state index in [0.717, 1.165) is 18.8 Å². The molecule has 1 aliphatic heterocycles. The maximum atomic E-state index is 4.51. The molecule has 1 heterocycles. The Morgan fingerprint density at radius 2 is 1.80 bits per heavy atom. The van der Waals surface area contributed by atoms with Gasteiger partial charge in [-0.25, -0.2) is 4.99 Å². The van der Waals surface area contributed by atoms with Gasteiger partial charge in [0.05, 0.1) is 12.0 Å². The molecule has 0 bridgehead atoms. The second kappa shape index (κ2) is 5.37. The predicted molar refractivity (Wildman–Crippen MR) is 84.6 cm³/mol. The summed E-state index contributed by atoms with van der Waals surface area (Å²) in [5.74, 6) is 0. The number of aliphatic imine (C=N–C) groups is 1. The van der Waals surface area contributed by atoms with Crippen molar-refractivity contribution in [3.8, 4) is 0 Å². The molecule has 102 valence electrons. The van der Waals surface area contributed by atoms with Crippen LogP contribution in [0.3, 0.4) is 0 Å². The Morgan fingerprint density at radius 1 is 1.05 bits per heavy atom. The van der Waals surface area contributed by atoms with Gasteiger partial charge in [0.25, 0.3) is 0 Å². The second-order valence-electron chi connectivity index (χ2n) is 5.34. The molecule has 3 heteroatoms. The lowest BCUT2D eigenvalue weighted by molar-refractivity contribution is 0.414. The van der Waals surface area contributed by atoms with E-state index in [1.807, 2.05) is 12.4 Å². The van der Waals surface area contributed by atoms with E-state index >= 15 is 0 Å². The van der Waals surface area contributed by atoms with Crippen LogP contribution in [-0.2, 0) is 13.1 Å². The first kappa shape index (κ1) is 12.7. The zero-order chi connectivity index (χ0) is 13.9. The molecule has 0 radical (unpaired) electrons. The molecule has 1 aliphatic rings. The molecule has 0 amide bonds. The second-order valence-corrected chi connectivity index (χ2v) is 5.34. The van der Waals surface area contributed by atoms with E-state index in [1.54, 1.807) is 0 Å². The van der Waals surface area contributed by atoms with E-state index in [0.29, 0.717) is 0 Å². The van der Waals surface area contributed by atoms with Crippen LogP contribution in [0.15, 0.2) is 53.5 Å². The van der Waals surface area contributed by atoms with Gasteiger partial charge < -0.3 is 9.80 Å². The average Bonchev–Trinajstić information content (AvgIpc) is 2.48. The van der Waals surface area contributed by atoms with Gasteiger partial charge >= 0.3 is 0 Å². The topological polar surface area (TPSA) is 18.8 Å². The van der Waals surface area contributed by atoms with Crippen LogP contribution in [0.4, 0.5) is 11.4 Å². The van der Waals surface area contributed by atoms with Crippen LogP contribution in [0.2, 0.25) is 0 Å². The van der Waals surface area contributed by atoms with E-state index in [1.165, 1.54) is 16.8 Å². The van der Waals surface area contributed by atoms with Gasteiger partial charge in [-0.05, 0) is 29.3 Å². The van der Waals surface area contributed by atoms with Crippen molar-refractivity contribution >= 4 is 17.7 Å². The van der Waals surface area contributed by atoms with Gasteiger partial charge in [0.2, 0.25) is 0 Å². The molecule has 0 saturated heterocycles. The maximum Gasteiger partial charge on any atom is 0.0918 e. The first-order valence-corrected chi connectivity index (χ1v) is 6.85. The summed E-state index contributed by atoms with van der Waals surface area (Å²) in [5.41, 5.74) is 4.92. The van der Waals surface area contributed by atoms with E-state index in [2.05, 4.69) is 71.4 Å². The predicted octanol–water partition coefficient (Wildman–Crippen LogP) is 3.43. The molecule has 0 aromatic heterocycles. The van der Waals surface area contributed by atoms with Crippen molar-refractivity contribution in [2.45, 2.75) is 13.1 Å². The fourth-order valence-corrected chi connectivity index (χ4v) is 2.40. The molecule has 0 saturated carbocycles. The summed E-state index contributed by atoms with van der Waals surface area (Å²) in [6, 6.07) is 17.0. The smallest absolute Gasteiger partial charge is 0.0918 e. The molecule has 0 fully saturated rings. The van der Waals surface area contributed by atoms with Crippen LogP contribution in [0, 0.1) is 0 Å². The third-order valence-electron chi connectivity index (χ3n) is 3.56. The molecule has 2 aromatic rings. The first-order chi connectivity index (χ1) is 9.72. The minimum absolute atomic E-state index is 0.894. The summed E-state index contributed by atoms with van der Waals surface area (Å²) in [6.45, 7) is 1.82. The molecular formula is C17H19N3. The van der Waals surface area contributed by atoms with E-state index < -0.39 is 0 Å². The van der Waals surface area contributed by atoms with E-state index in [9.17, 15) is 0 Å². The molecule has 20 heavy (non-hydrogen) atoms. The molecule has 2 aromatic carbocycles. The summed E-state index contributed by atoms with van der Waals surface area (Å²) >= 11 is 0. The molecule has 0 unspecified atom stereocenters. The highest BCUT2D eigenvalue weighted by Gasteiger charge is 2.11. The monoisotopic (exact) mass is 265 g/mol. The molecule has 3 rings (SSSR count). The fraction of sp³-hybridized carbons (Fsp3) is 0.235. The van der Waals surface area contributed by atoms with Crippen molar-refractivity contribution in [1.82, 2.24) is 4.90 Å². The van der Waals surface area contributed by atoms with Gasteiger partial charge in [0.15, 0.2) is 0 Å². The summed E-state index contributed by atoms with van der Waals surface area (Å²) in [5, 5.41) is 0. The van der Waals surface area contributed by atoms with Crippen molar-refractivity contribution < 1.29 is 0 Å². The summed E-state index contributed by atoms with van der Waals surface area (Å²) < 4.78 is 0. The van der Waals surface area contributed by atoms with Gasteiger partial charge in [0.1, 0.15) is 0 Å². The van der Waals surface area contributed by atoms with Crippen molar-refractivity contribution in [2.24, 2.45) is 4.99 Å². The number of fused-ring (bicyclic) bond motifs is 1. The number of hydrogen-bond acceptors (Lipinski definition) is 3. The molecule has 3 nitrogen and oxygen atoms in total. The van der Waals surface area contributed by atoms with Crippen molar-refractivity contribution in [2.75, 3.05) is 19.0 Å². The number of hydrogen-bond donors (Lipinski definition) is 0. The van der Waals surface area contributed by atoms with Crippen LogP contribution in [-0.4, -0.2) is 25.3 Å². The highest BCUT2D eigenvalue weighted by molar-refractivity contribution is 5.66. The first-order valence-electron chi connectivity index (χ1n) is 6.85. The number of anilines is 1. The van der Waals surface area contributed by atoms with E-state index in [4.69, 9.17) is 0 Å². The molecule has 0 aliphatic carbocycles. The highest BCUT2D eigenvalue weighted by atomic mass is 15.2. The Kier molecular flexibility index (Phi) is 3.42. The van der Waals surface area contributed by atoms with Crippen LogP contribution in [0.5, 0.6) is 0 Å². The van der Waals surface area contributed by atoms with Gasteiger partial charge in [-0.15, -0.1) is 0 Å². The van der Waals surface area contributed by atoms with Gasteiger partial charge in [-0.2, -0.15) is 0 Å². The van der Waals surface area contributed by atoms with Crippen LogP contribution in [0.25, 0.3) is 0 Å². The standard InChI is InChI=1S/C17H19N3/c1-19(2)16-9-7-14(8-10-16)11-20-12-15-5-3-4-6-17(15)18-13-20/h3-10,13H,11-12H2,1-2H3. The SMILES string of the molecule is CN(C)c1ccc(CN2C=Nc3ccccc3C2)cc1. The molecule has 0 atom stereocenters. The van der Waals surface area contributed by atoms with Gasteiger partial charge in [-0.1, -0.05) is 30.3 Å². The lowest BCUT2D eigenvalue weighted by Crippen LogP contribution is -2.23. The molecule has 0 spiro atoms. The van der Waals surface area contributed by atoms with Gasteiger partial charge in [0, 0.05) is 32.9 Å². The highest BCUT2D eigenvalue weighted by Crippen LogP contribution is 2.24. The normalized spacial score (nSPS) is 13.2. The number of rotatable bonds is 3. The maximum absolute atomic E-state index is 4.51. The summed E-state index contributed by atoms with van der Waals surface area (Å²) in [4.78, 5) is 8.87. The third-order valence-corrected chi connectivity index (χ3v) is 3.56. The average molecular weight is 265 g/mol. The van der Waals surface area contributed by atoms with Crippen LogP contribution >= 0.6 is 0 Å². The molecule has 0 N–H and O–H groups in total. The Morgan fingerprint density at radius 3 is 2.55 bits per heavy atom. The van der Waals surface area contributed by atoms with E-state index in [-0.39, 0.29) is 0 Å². The molecular weight excluding hydrogens is 246 g/mol. The summed E-state index contributed by atoms with van der Waals surface area (Å²) in [7, 11) is 4.12. The zero-order valence-electron chi connectivity index (χ0n) is 12.0. The quantitative estimate of drug-likeness (QED) is 0.846. The Balaban J connectivity index is 1.71. The van der Waals surface area contributed by atoms with Crippen LogP contribution < -0.4 is 4.90 Å². The van der Waals surface area contributed by atoms with Crippen molar-refractivity contribution in [3.05, 3.63) is 59.7 Å². The Bertz CT molecular complexity index is 614. The fourth-order valence-electron chi connectivity index (χ4n) is 2.40. The lowest BCUT2D eigenvalue weighted by atomic mass is 10.1. The summed E-state index contributed by atoms with van der Waals surface area (Å²) in [6.07, 6.45) is 1.95. The third kappa shape index (κ3) is 2.67. The lowest BCUT2D eigenvalue weighted by Gasteiger charge is -2.24.